The van der Waals surface area contributed by atoms with Gasteiger partial charge >= 0.3 is 0 Å². The van der Waals surface area contributed by atoms with E-state index in [9.17, 15) is 9.18 Å². The lowest BCUT2D eigenvalue weighted by Gasteiger charge is -2.22. The number of nitrogens with zero attached hydrogens (tertiary/aromatic N) is 6. The third kappa shape index (κ3) is 6.89. The van der Waals surface area contributed by atoms with Crippen LogP contribution in [-0.2, 0) is 17.9 Å². The van der Waals surface area contributed by atoms with Crippen molar-refractivity contribution in [2.45, 2.75) is 25.7 Å². The van der Waals surface area contributed by atoms with E-state index in [1.807, 2.05) is 73.4 Å². The Hall–Kier alpha value is -4.41. The van der Waals surface area contributed by atoms with Crippen molar-refractivity contribution in [3.63, 3.8) is 0 Å². The number of hydrogen-bond donors (Lipinski definition) is 1. The lowest BCUT2D eigenvalue weighted by Crippen LogP contribution is -2.33. The van der Waals surface area contributed by atoms with E-state index in [-0.39, 0.29) is 17.8 Å². The average Bonchev–Trinajstić information content (AvgIpc) is 3.14. The third-order valence-corrected chi connectivity index (χ3v) is 7.28. The predicted molar refractivity (Wildman–Crippen MR) is 162 cm³/mol. The van der Waals surface area contributed by atoms with Gasteiger partial charge in [0.1, 0.15) is 17.2 Å². The van der Waals surface area contributed by atoms with Gasteiger partial charge in [0.25, 0.3) is 5.91 Å². The normalized spacial score (nSPS) is 14.0. The summed E-state index contributed by atoms with van der Waals surface area (Å²) in [6, 6.07) is 21.2. The lowest BCUT2D eigenvalue weighted by atomic mass is 10.1. The van der Waals surface area contributed by atoms with E-state index in [0.29, 0.717) is 49.3 Å². The fourth-order valence-electron chi connectivity index (χ4n) is 4.95. The molecule has 1 atom stereocenters. The summed E-state index contributed by atoms with van der Waals surface area (Å²) in [6.07, 6.45) is 3.59. The summed E-state index contributed by atoms with van der Waals surface area (Å²) in [4.78, 5) is 32.7. The fourth-order valence-corrected chi connectivity index (χ4v) is 4.95. The molecule has 0 aliphatic carbocycles. The van der Waals surface area contributed by atoms with E-state index in [2.05, 4.69) is 27.4 Å². The zero-order valence-electron chi connectivity index (χ0n) is 24.2. The molecule has 0 saturated heterocycles. The number of carbonyl (C=O) groups excluding carboxylic acids is 1. The number of nitrogens with one attached hydrogen (secondary N) is 1. The van der Waals surface area contributed by atoms with Crippen LogP contribution in [0.25, 0.3) is 0 Å². The number of benzene rings is 2. The summed E-state index contributed by atoms with van der Waals surface area (Å²) >= 11 is 0. The molecule has 5 rings (SSSR count). The van der Waals surface area contributed by atoms with Gasteiger partial charge in [-0.15, -0.1) is 0 Å². The Morgan fingerprint density at radius 3 is 2.64 bits per heavy atom. The van der Waals surface area contributed by atoms with Crippen molar-refractivity contribution in [2.24, 2.45) is 0 Å². The first-order chi connectivity index (χ1) is 20.4. The molecule has 3 heterocycles. The number of ether oxygens (including phenoxy) is 1. The molecule has 2 aromatic carbocycles. The molecular formula is C32H36FN7O2. The number of anilines is 3. The Morgan fingerprint density at radius 1 is 1.05 bits per heavy atom. The highest BCUT2D eigenvalue weighted by atomic mass is 19.1. The Kier molecular flexibility index (Phi) is 9.35. The minimum absolute atomic E-state index is 0.0361. The zero-order chi connectivity index (χ0) is 29.5. The molecule has 0 fully saturated rings. The van der Waals surface area contributed by atoms with Gasteiger partial charge in [-0.25, -0.2) is 9.37 Å². The van der Waals surface area contributed by atoms with Crippen LogP contribution in [0.4, 0.5) is 21.8 Å². The monoisotopic (exact) mass is 569 g/mol. The number of hydrogen-bond acceptors (Lipinski definition) is 8. The van der Waals surface area contributed by atoms with Crippen LogP contribution in [-0.4, -0.2) is 61.6 Å². The van der Waals surface area contributed by atoms with Crippen molar-refractivity contribution in [2.75, 3.05) is 55.5 Å². The van der Waals surface area contributed by atoms with E-state index < -0.39 is 0 Å². The maximum Gasteiger partial charge on any atom is 0.263 e. The minimum atomic E-state index is -0.383. The van der Waals surface area contributed by atoms with Crippen molar-refractivity contribution in [3.05, 3.63) is 107 Å². The van der Waals surface area contributed by atoms with Crippen molar-refractivity contribution in [1.29, 1.82) is 0 Å². The molecule has 1 amide bonds. The Balaban J connectivity index is 1.32. The summed E-state index contributed by atoms with van der Waals surface area (Å²) in [6.45, 7) is 2.77. The van der Waals surface area contributed by atoms with Crippen molar-refractivity contribution in [3.8, 4) is 0 Å². The second kappa shape index (κ2) is 13.5. The zero-order valence-corrected chi connectivity index (χ0v) is 24.2. The Labute approximate surface area is 246 Å². The molecule has 42 heavy (non-hydrogen) atoms. The van der Waals surface area contributed by atoms with Crippen LogP contribution in [0.5, 0.6) is 0 Å². The molecule has 0 unspecified atom stereocenters. The minimum Gasteiger partial charge on any atom is -0.369 e. The number of rotatable bonds is 11. The van der Waals surface area contributed by atoms with Gasteiger partial charge in [0.15, 0.2) is 0 Å². The highest BCUT2D eigenvalue weighted by molar-refractivity contribution is 6.09. The average molecular weight is 570 g/mol. The first kappa shape index (κ1) is 29.1. The number of halogens is 1. The van der Waals surface area contributed by atoms with Crippen LogP contribution >= 0.6 is 0 Å². The molecule has 10 heteroatoms. The van der Waals surface area contributed by atoms with Gasteiger partial charge in [0.05, 0.1) is 31.1 Å². The van der Waals surface area contributed by atoms with Crippen LogP contribution in [0, 0.1) is 5.82 Å². The quantitative estimate of drug-likeness (QED) is 0.280. The number of carbonyl (C=O) groups is 1. The molecule has 0 spiro atoms. The fraction of sp³-hybridized carbons (Fsp3) is 0.312. The molecule has 0 bridgehead atoms. The molecule has 218 valence electrons. The van der Waals surface area contributed by atoms with Crippen LogP contribution < -0.4 is 20.0 Å². The maximum absolute atomic E-state index is 13.8. The van der Waals surface area contributed by atoms with Crippen molar-refractivity contribution < 1.29 is 13.9 Å². The Bertz CT molecular complexity index is 1490. The summed E-state index contributed by atoms with van der Waals surface area (Å²) in [5.74, 6) is 0.490. The largest absolute Gasteiger partial charge is 0.369 e. The third-order valence-electron chi connectivity index (χ3n) is 7.28. The van der Waals surface area contributed by atoms with Gasteiger partial charge in [0, 0.05) is 39.1 Å². The molecular weight excluding hydrogens is 533 g/mol. The van der Waals surface area contributed by atoms with E-state index in [0.717, 1.165) is 29.8 Å². The van der Waals surface area contributed by atoms with E-state index >= 15 is 0 Å². The second-order valence-electron chi connectivity index (χ2n) is 10.4. The Morgan fingerprint density at radius 2 is 1.88 bits per heavy atom. The molecule has 1 N–H and O–H groups in total. The van der Waals surface area contributed by atoms with Crippen LogP contribution in [0.3, 0.4) is 0 Å². The molecule has 2 aromatic heterocycles. The number of likely N-dealkylation sites (N-methyl/N-ethyl adjacent to an activating group) is 1. The van der Waals surface area contributed by atoms with Crippen molar-refractivity contribution in [1.82, 2.24) is 20.3 Å². The van der Waals surface area contributed by atoms with E-state index in [1.165, 1.54) is 12.3 Å². The second-order valence-corrected chi connectivity index (χ2v) is 10.4. The van der Waals surface area contributed by atoms with Gasteiger partial charge < -0.3 is 24.8 Å². The summed E-state index contributed by atoms with van der Waals surface area (Å²) in [7, 11) is 5.70. The molecule has 4 aromatic rings. The van der Waals surface area contributed by atoms with Gasteiger partial charge in [0.2, 0.25) is 5.95 Å². The highest BCUT2D eigenvalue weighted by Gasteiger charge is 2.28. The van der Waals surface area contributed by atoms with Gasteiger partial charge in [-0.05, 0) is 55.4 Å². The predicted octanol–water partition coefficient (Wildman–Crippen LogP) is 4.61. The van der Waals surface area contributed by atoms with Crippen LogP contribution in [0.2, 0.25) is 0 Å². The smallest absolute Gasteiger partial charge is 0.263 e. The molecule has 0 saturated carbocycles. The van der Waals surface area contributed by atoms with Gasteiger partial charge in [-0.1, -0.05) is 42.5 Å². The summed E-state index contributed by atoms with van der Waals surface area (Å²) < 4.78 is 19.6. The molecule has 9 nitrogen and oxygen atoms in total. The topological polar surface area (TPSA) is 86.7 Å². The van der Waals surface area contributed by atoms with E-state index in [4.69, 9.17) is 9.72 Å². The standard InChI is InChI=1S/C32H36FN7O2/c1-34-15-14-29(24-9-5-4-6-10-24)42-22-23-8-7-11-27(18-23)40-17-16-38(2)30-28(31(40)41)20-36-32(37-30)39(3)21-26-13-12-25(33)19-35-26/h4-13,18-20,29,34H,14-17,21-22H2,1-3H3/t29-/m1/s1. The van der Waals surface area contributed by atoms with Crippen molar-refractivity contribution >= 4 is 23.4 Å². The number of aromatic nitrogens is 3. The molecule has 0 radical (unpaired) electrons. The first-order valence-electron chi connectivity index (χ1n) is 14.0. The first-order valence-corrected chi connectivity index (χ1v) is 14.0. The molecule has 1 aliphatic heterocycles. The summed E-state index contributed by atoms with van der Waals surface area (Å²) in [5.41, 5.74) is 4.06. The van der Waals surface area contributed by atoms with Gasteiger partial charge in [-0.3, -0.25) is 9.78 Å². The molecule has 1 aliphatic rings. The maximum atomic E-state index is 13.8. The number of fused-ring (bicyclic) bond motifs is 1. The highest BCUT2D eigenvalue weighted by Crippen LogP contribution is 2.29. The van der Waals surface area contributed by atoms with Gasteiger partial charge in [-0.2, -0.15) is 4.98 Å². The summed E-state index contributed by atoms with van der Waals surface area (Å²) in [5, 5.41) is 3.21. The number of amides is 1. The lowest BCUT2D eigenvalue weighted by molar-refractivity contribution is 0.0344. The van der Waals surface area contributed by atoms with Crippen LogP contribution in [0.1, 0.15) is 39.7 Å². The number of pyridine rings is 1. The SMILES string of the molecule is CNCC[C@@H](OCc1cccc(N2CCN(C)c3nc(N(C)Cc4ccc(F)cn4)ncc3C2=O)c1)c1ccccc1. The van der Waals surface area contributed by atoms with Crippen LogP contribution in [0.15, 0.2) is 79.1 Å². The van der Waals surface area contributed by atoms with E-state index in [1.54, 1.807) is 17.2 Å².